The van der Waals surface area contributed by atoms with Crippen molar-refractivity contribution in [2.24, 2.45) is 0 Å². The minimum Gasteiger partial charge on any atom is -0.374 e. The molecular formula is C20H27F3N4O2. The van der Waals surface area contributed by atoms with E-state index in [1.807, 2.05) is 4.90 Å². The first-order chi connectivity index (χ1) is 13.7. The molecule has 2 amide bonds. The molecule has 2 saturated heterocycles. The molecule has 1 aromatic carbocycles. The highest BCUT2D eigenvalue weighted by Gasteiger charge is 2.32. The van der Waals surface area contributed by atoms with E-state index in [1.54, 1.807) is 4.90 Å². The van der Waals surface area contributed by atoms with Gasteiger partial charge in [-0.05, 0) is 43.9 Å². The summed E-state index contributed by atoms with van der Waals surface area (Å²) in [6.45, 7) is 4.20. The van der Waals surface area contributed by atoms with Crippen molar-refractivity contribution in [3.05, 3.63) is 23.8 Å². The summed E-state index contributed by atoms with van der Waals surface area (Å²) in [5.41, 5.74) is 0.279. The third-order valence-corrected chi connectivity index (χ3v) is 5.52. The zero-order valence-electron chi connectivity index (χ0n) is 16.5. The third-order valence-electron chi connectivity index (χ3n) is 5.52. The number of nitrogens with zero attached hydrogens (tertiary/aromatic N) is 2. The van der Waals surface area contributed by atoms with Crippen LogP contribution in [0, 0.1) is 0 Å². The molecule has 3 rings (SSSR count). The van der Waals surface area contributed by atoms with Gasteiger partial charge < -0.3 is 20.4 Å². The summed E-state index contributed by atoms with van der Waals surface area (Å²) >= 11 is 0. The fourth-order valence-corrected chi connectivity index (χ4v) is 3.88. The van der Waals surface area contributed by atoms with Crippen LogP contribution in [0.2, 0.25) is 0 Å². The van der Waals surface area contributed by atoms with E-state index >= 15 is 0 Å². The molecule has 0 bridgehead atoms. The van der Waals surface area contributed by atoms with Crippen LogP contribution in [0.3, 0.4) is 0 Å². The molecule has 160 valence electrons. The summed E-state index contributed by atoms with van der Waals surface area (Å²) in [6.07, 6.45) is -1.09. The lowest BCUT2D eigenvalue weighted by Crippen LogP contribution is -2.47. The number of nitrogens with one attached hydrogen (secondary N) is 2. The molecule has 0 radical (unpaired) electrons. The van der Waals surface area contributed by atoms with Gasteiger partial charge in [-0.25, -0.2) is 0 Å². The molecule has 9 heteroatoms. The third kappa shape index (κ3) is 5.55. The molecule has 2 heterocycles. The Morgan fingerprint density at radius 1 is 1.10 bits per heavy atom. The van der Waals surface area contributed by atoms with Crippen molar-refractivity contribution in [3.8, 4) is 0 Å². The predicted octanol–water partition coefficient (Wildman–Crippen LogP) is 2.84. The maximum Gasteiger partial charge on any atom is 0.416 e. The van der Waals surface area contributed by atoms with E-state index in [0.717, 1.165) is 38.1 Å². The molecule has 1 aromatic rings. The Hall–Kier alpha value is -2.45. The van der Waals surface area contributed by atoms with E-state index in [-0.39, 0.29) is 24.4 Å². The van der Waals surface area contributed by atoms with Crippen molar-refractivity contribution in [2.75, 3.05) is 42.9 Å². The molecule has 0 aliphatic carbocycles. The molecule has 0 aromatic heterocycles. The normalized spacial score (nSPS) is 18.1. The van der Waals surface area contributed by atoms with Gasteiger partial charge in [0.05, 0.1) is 23.5 Å². The van der Waals surface area contributed by atoms with Gasteiger partial charge in [-0.3, -0.25) is 9.59 Å². The number of carbonyl (C=O) groups excluding carboxylic acids is 2. The quantitative estimate of drug-likeness (QED) is 0.781. The highest BCUT2D eigenvalue weighted by atomic mass is 19.4. The Morgan fingerprint density at radius 2 is 1.76 bits per heavy atom. The summed E-state index contributed by atoms with van der Waals surface area (Å²) in [4.78, 5) is 27.5. The lowest BCUT2D eigenvalue weighted by atomic mass is 10.1. The van der Waals surface area contributed by atoms with Gasteiger partial charge in [0, 0.05) is 39.1 Å². The minimum atomic E-state index is -4.44. The largest absolute Gasteiger partial charge is 0.416 e. The number of amides is 2. The number of anilines is 2. The Labute approximate surface area is 168 Å². The van der Waals surface area contributed by atoms with Crippen LogP contribution in [-0.2, 0) is 15.8 Å². The Balaban J connectivity index is 1.61. The van der Waals surface area contributed by atoms with Gasteiger partial charge in [0.15, 0.2) is 0 Å². The average Bonchev–Trinajstić information content (AvgIpc) is 3.20. The van der Waals surface area contributed by atoms with Crippen LogP contribution in [0.1, 0.15) is 38.2 Å². The number of alkyl halides is 3. The Morgan fingerprint density at radius 3 is 2.34 bits per heavy atom. The van der Waals surface area contributed by atoms with E-state index in [4.69, 9.17) is 0 Å². The van der Waals surface area contributed by atoms with Gasteiger partial charge in [0.25, 0.3) is 0 Å². The average molecular weight is 412 g/mol. The zero-order valence-corrected chi connectivity index (χ0v) is 16.5. The van der Waals surface area contributed by atoms with Crippen molar-refractivity contribution in [2.45, 2.75) is 44.8 Å². The molecule has 2 aliphatic rings. The number of piperidine rings is 1. The van der Waals surface area contributed by atoms with Gasteiger partial charge in [-0.2, -0.15) is 13.2 Å². The van der Waals surface area contributed by atoms with Crippen molar-refractivity contribution < 1.29 is 22.8 Å². The predicted molar refractivity (Wildman–Crippen MR) is 105 cm³/mol. The molecule has 2 aliphatic heterocycles. The van der Waals surface area contributed by atoms with Crippen molar-refractivity contribution in [1.29, 1.82) is 0 Å². The summed E-state index contributed by atoms with van der Waals surface area (Å²) in [6, 6.07) is 3.61. The molecule has 0 saturated carbocycles. The lowest BCUT2D eigenvalue weighted by molar-refractivity contribution is -0.137. The van der Waals surface area contributed by atoms with Crippen LogP contribution < -0.4 is 15.5 Å². The van der Waals surface area contributed by atoms with E-state index in [2.05, 4.69) is 10.6 Å². The summed E-state index contributed by atoms with van der Waals surface area (Å²) < 4.78 is 39.4. The summed E-state index contributed by atoms with van der Waals surface area (Å²) in [5.74, 6) is -0.244. The summed E-state index contributed by atoms with van der Waals surface area (Å²) in [7, 11) is 0. The lowest BCUT2D eigenvalue weighted by Gasteiger charge is -2.31. The van der Waals surface area contributed by atoms with E-state index in [1.165, 1.54) is 13.0 Å². The second-order valence-electron chi connectivity index (χ2n) is 7.63. The number of rotatable bonds is 5. The number of likely N-dealkylation sites (tertiary alicyclic amines) is 1. The van der Waals surface area contributed by atoms with E-state index in [9.17, 15) is 22.8 Å². The molecule has 0 unspecified atom stereocenters. The molecule has 0 atom stereocenters. The van der Waals surface area contributed by atoms with Crippen LogP contribution >= 0.6 is 0 Å². The molecular weight excluding hydrogens is 385 g/mol. The smallest absolute Gasteiger partial charge is 0.374 e. The minimum absolute atomic E-state index is 0.0235. The maximum absolute atomic E-state index is 13.1. The van der Waals surface area contributed by atoms with Crippen LogP contribution in [0.25, 0.3) is 0 Å². The number of hydrogen-bond donors (Lipinski definition) is 2. The first-order valence-electron chi connectivity index (χ1n) is 9.99. The highest BCUT2D eigenvalue weighted by molar-refractivity contribution is 5.83. The fourth-order valence-electron chi connectivity index (χ4n) is 3.88. The first kappa shape index (κ1) is 21.3. The summed E-state index contributed by atoms with van der Waals surface area (Å²) in [5, 5.41) is 5.81. The van der Waals surface area contributed by atoms with E-state index < -0.39 is 11.7 Å². The molecule has 6 nitrogen and oxygen atoms in total. The zero-order chi connectivity index (χ0) is 21.0. The molecule has 2 N–H and O–H groups in total. The van der Waals surface area contributed by atoms with Gasteiger partial charge >= 0.3 is 6.18 Å². The maximum atomic E-state index is 13.1. The fraction of sp³-hybridized carbons (Fsp3) is 0.600. The SMILES string of the molecule is CC(=O)N1CCC(NC(=O)CNc2cc(C(F)(F)F)ccc2N2CCCC2)CC1. The molecule has 2 fully saturated rings. The topological polar surface area (TPSA) is 64.7 Å². The Kier molecular flexibility index (Phi) is 6.54. The van der Waals surface area contributed by atoms with Crippen LogP contribution in [-0.4, -0.2) is 55.5 Å². The molecule has 29 heavy (non-hydrogen) atoms. The Bertz CT molecular complexity index is 740. The molecule has 0 spiro atoms. The number of carbonyl (C=O) groups is 2. The van der Waals surface area contributed by atoms with Crippen molar-refractivity contribution >= 4 is 23.2 Å². The standard InChI is InChI=1S/C20H27F3N4O2/c1-14(28)26-10-6-16(7-11-26)25-19(29)13-24-17-12-15(20(21,22)23)4-5-18(17)27-8-2-3-9-27/h4-5,12,16,24H,2-3,6-11,13H2,1H3,(H,25,29). The van der Waals surface area contributed by atoms with Gasteiger partial charge in [0.2, 0.25) is 11.8 Å². The van der Waals surface area contributed by atoms with Crippen LogP contribution in [0.5, 0.6) is 0 Å². The first-order valence-corrected chi connectivity index (χ1v) is 9.99. The van der Waals surface area contributed by atoms with Crippen molar-refractivity contribution in [3.63, 3.8) is 0 Å². The van der Waals surface area contributed by atoms with Gasteiger partial charge in [0.1, 0.15) is 0 Å². The van der Waals surface area contributed by atoms with E-state index in [0.29, 0.717) is 37.3 Å². The van der Waals surface area contributed by atoms with Gasteiger partial charge in [-0.1, -0.05) is 0 Å². The number of hydrogen-bond acceptors (Lipinski definition) is 4. The monoisotopic (exact) mass is 412 g/mol. The number of benzene rings is 1. The van der Waals surface area contributed by atoms with Crippen molar-refractivity contribution in [1.82, 2.24) is 10.2 Å². The van der Waals surface area contributed by atoms with Gasteiger partial charge in [-0.15, -0.1) is 0 Å². The number of halogens is 3. The second-order valence-corrected chi connectivity index (χ2v) is 7.63. The highest BCUT2D eigenvalue weighted by Crippen LogP contribution is 2.36. The van der Waals surface area contributed by atoms with Crippen LogP contribution in [0.4, 0.5) is 24.5 Å². The second kappa shape index (κ2) is 8.92. The van der Waals surface area contributed by atoms with Crippen LogP contribution in [0.15, 0.2) is 18.2 Å².